The molecule has 0 amide bonds. The van der Waals surface area contributed by atoms with Gasteiger partial charge in [-0.1, -0.05) is 12.1 Å². The predicted octanol–water partition coefficient (Wildman–Crippen LogP) is 2.30. The molecule has 1 aromatic heterocycles. The number of hydrogen-bond donors (Lipinski definition) is 0. The van der Waals surface area contributed by atoms with Gasteiger partial charge in [-0.15, -0.1) is 0 Å². The van der Waals surface area contributed by atoms with Crippen LogP contribution in [0.25, 0.3) is 0 Å². The van der Waals surface area contributed by atoms with E-state index in [0.29, 0.717) is 36.5 Å². The van der Waals surface area contributed by atoms with Crippen molar-refractivity contribution in [2.24, 2.45) is 5.92 Å². The van der Waals surface area contributed by atoms with Gasteiger partial charge in [0.25, 0.3) is 0 Å². The van der Waals surface area contributed by atoms with Crippen molar-refractivity contribution in [1.29, 1.82) is 0 Å². The molecule has 0 spiro atoms. The second kappa shape index (κ2) is 6.73. The number of nitrogens with zero attached hydrogens (tertiary/aromatic N) is 2. The van der Waals surface area contributed by atoms with Gasteiger partial charge in [0.1, 0.15) is 5.82 Å². The summed E-state index contributed by atoms with van der Waals surface area (Å²) in [7, 11) is 4.82. The van der Waals surface area contributed by atoms with Crippen molar-refractivity contribution in [1.82, 2.24) is 9.97 Å². The number of benzene rings is 1. The molecule has 2 aromatic rings. The average Bonchev–Trinajstić information content (AvgIpc) is 2.60. The fourth-order valence-electron chi connectivity index (χ4n) is 2.76. The lowest BCUT2D eigenvalue weighted by Gasteiger charge is -2.26. The normalized spacial score (nSPS) is 16.2. The van der Waals surface area contributed by atoms with Gasteiger partial charge in [-0.25, -0.2) is 0 Å². The highest BCUT2D eigenvalue weighted by atomic mass is 16.5. The quantitative estimate of drug-likeness (QED) is 0.843. The van der Waals surface area contributed by atoms with E-state index in [0.717, 1.165) is 23.5 Å². The summed E-state index contributed by atoms with van der Waals surface area (Å²) in [6, 6.07) is 7.63. The van der Waals surface area contributed by atoms with E-state index in [9.17, 15) is 0 Å². The lowest BCUT2D eigenvalue weighted by Crippen LogP contribution is -2.24. The highest BCUT2D eigenvalue weighted by Gasteiger charge is 2.24. The van der Waals surface area contributed by atoms with Crippen molar-refractivity contribution in [3.8, 4) is 23.3 Å². The highest BCUT2D eigenvalue weighted by molar-refractivity contribution is 5.47. The second-order valence-corrected chi connectivity index (χ2v) is 5.40. The number of para-hydroxylation sites is 1. The molecule has 1 atom stereocenters. The number of fused-ring (bicyclic) bond motifs is 1. The van der Waals surface area contributed by atoms with Crippen LogP contribution in [0.3, 0.4) is 0 Å². The minimum atomic E-state index is 0.298. The first-order chi connectivity index (χ1) is 11.2. The molecular formula is C17H20N2O4. The maximum Gasteiger partial charge on any atom is 0.220 e. The maximum atomic E-state index is 5.90. The Hall–Kier alpha value is -2.50. The minimum Gasteiger partial charge on any atom is -0.493 e. The van der Waals surface area contributed by atoms with Crippen molar-refractivity contribution in [2.75, 3.05) is 27.9 Å². The smallest absolute Gasteiger partial charge is 0.220 e. The number of ether oxygens (including phenoxy) is 4. The molecule has 0 saturated carbocycles. The molecule has 6 heteroatoms. The molecule has 1 unspecified atom stereocenters. The molecule has 1 aliphatic rings. The van der Waals surface area contributed by atoms with Gasteiger partial charge in [0.2, 0.25) is 11.8 Å². The number of hydrogen-bond acceptors (Lipinski definition) is 6. The van der Waals surface area contributed by atoms with Crippen molar-refractivity contribution < 1.29 is 18.9 Å². The van der Waals surface area contributed by atoms with Gasteiger partial charge in [-0.05, 0) is 18.1 Å². The van der Waals surface area contributed by atoms with Crippen molar-refractivity contribution >= 4 is 0 Å². The van der Waals surface area contributed by atoms with E-state index in [-0.39, 0.29) is 0 Å². The molecular weight excluding hydrogens is 296 g/mol. The van der Waals surface area contributed by atoms with E-state index < -0.39 is 0 Å². The Morgan fingerprint density at radius 3 is 2.48 bits per heavy atom. The van der Waals surface area contributed by atoms with Crippen LogP contribution in [0.5, 0.6) is 23.3 Å². The summed E-state index contributed by atoms with van der Waals surface area (Å²) in [6.45, 7) is 0.607. The molecule has 6 nitrogen and oxygen atoms in total. The van der Waals surface area contributed by atoms with Crippen LogP contribution < -0.4 is 18.9 Å². The van der Waals surface area contributed by atoms with Gasteiger partial charge in [-0.3, -0.25) is 0 Å². The summed E-state index contributed by atoms with van der Waals surface area (Å²) in [5, 5.41) is 0. The van der Waals surface area contributed by atoms with Gasteiger partial charge in [-0.2, -0.15) is 9.97 Å². The third kappa shape index (κ3) is 3.31. The first-order valence-corrected chi connectivity index (χ1v) is 7.48. The van der Waals surface area contributed by atoms with Crippen LogP contribution in [0.1, 0.15) is 11.4 Å². The molecule has 1 aromatic carbocycles. The van der Waals surface area contributed by atoms with Gasteiger partial charge in [0.15, 0.2) is 11.5 Å². The predicted molar refractivity (Wildman–Crippen MR) is 84.5 cm³/mol. The molecule has 0 bridgehead atoms. The van der Waals surface area contributed by atoms with Crippen LogP contribution in [0, 0.1) is 5.92 Å². The van der Waals surface area contributed by atoms with E-state index in [4.69, 9.17) is 18.9 Å². The SMILES string of the molecule is COc1cc(OC)nc(CC2COc3c(cccc3OC)C2)n1. The van der Waals surface area contributed by atoms with Crippen LogP contribution in [-0.4, -0.2) is 37.9 Å². The summed E-state index contributed by atoms with van der Waals surface area (Å²) < 4.78 is 21.6. The molecule has 0 N–H and O–H groups in total. The standard InChI is InChI=1S/C17H20N2O4/c1-20-13-6-4-5-12-7-11(10-23-17(12)13)8-14-18-15(21-2)9-16(19-14)22-3/h4-6,9,11H,7-8,10H2,1-3H3. The van der Waals surface area contributed by atoms with Crippen molar-refractivity contribution in [3.63, 3.8) is 0 Å². The molecule has 1 aliphatic heterocycles. The van der Waals surface area contributed by atoms with E-state index in [1.54, 1.807) is 27.4 Å². The molecule has 23 heavy (non-hydrogen) atoms. The fourth-order valence-corrected chi connectivity index (χ4v) is 2.76. The first-order valence-electron chi connectivity index (χ1n) is 7.48. The van der Waals surface area contributed by atoms with E-state index in [2.05, 4.69) is 16.0 Å². The fraction of sp³-hybridized carbons (Fsp3) is 0.412. The van der Waals surface area contributed by atoms with Gasteiger partial charge in [0, 0.05) is 12.3 Å². The van der Waals surface area contributed by atoms with Gasteiger partial charge >= 0.3 is 0 Å². The molecule has 3 rings (SSSR count). The third-order valence-corrected chi connectivity index (χ3v) is 3.87. The highest BCUT2D eigenvalue weighted by Crippen LogP contribution is 2.36. The zero-order valence-corrected chi connectivity index (χ0v) is 13.5. The van der Waals surface area contributed by atoms with Gasteiger partial charge < -0.3 is 18.9 Å². The first kappa shape index (κ1) is 15.4. The Labute approximate surface area is 135 Å². The Morgan fingerprint density at radius 2 is 1.83 bits per heavy atom. The Balaban J connectivity index is 1.77. The average molecular weight is 316 g/mol. The Morgan fingerprint density at radius 1 is 1.09 bits per heavy atom. The Bertz CT molecular complexity index is 668. The summed E-state index contributed by atoms with van der Waals surface area (Å²) in [4.78, 5) is 8.78. The lowest BCUT2D eigenvalue weighted by molar-refractivity contribution is 0.209. The van der Waals surface area contributed by atoms with E-state index in [1.165, 1.54) is 0 Å². The molecule has 0 saturated heterocycles. The Kier molecular flexibility index (Phi) is 4.50. The largest absolute Gasteiger partial charge is 0.493 e. The summed E-state index contributed by atoms with van der Waals surface area (Å²) in [5.74, 6) is 3.62. The van der Waals surface area contributed by atoms with Crippen molar-refractivity contribution in [2.45, 2.75) is 12.8 Å². The zero-order valence-electron chi connectivity index (χ0n) is 13.5. The monoisotopic (exact) mass is 316 g/mol. The lowest BCUT2D eigenvalue weighted by atomic mass is 9.93. The van der Waals surface area contributed by atoms with E-state index in [1.807, 2.05) is 12.1 Å². The second-order valence-electron chi connectivity index (χ2n) is 5.40. The third-order valence-electron chi connectivity index (χ3n) is 3.87. The minimum absolute atomic E-state index is 0.298. The van der Waals surface area contributed by atoms with Crippen LogP contribution in [-0.2, 0) is 12.8 Å². The number of methoxy groups -OCH3 is 3. The van der Waals surface area contributed by atoms with Crippen LogP contribution in [0.4, 0.5) is 0 Å². The molecule has 2 heterocycles. The van der Waals surface area contributed by atoms with Crippen LogP contribution >= 0.6 is 0 Å². The summed E-state index contributed by atoms with van der Waals surface area (Å²) >= 11 is 0. The van der Waals surface area contributed by atoms with Crippen LogP contribution in [0.15, 0.2) is 24.3 Å². The molecule has 0 fully saturated rings. The number of aromatic nitrogens is 2. The zero-order chi connectivity index (χ0) is 16.2. The maximum absolute atomic E-state index is 5.90. The molecule has 0 radical (unpaired) electrons. The molecule has 0 aliphatic carbocycles. The van der Waals surface area contributed by atoms with Crippen molar-refractivity contribution in [3.05, 3.63) is 35.7 Å². The topological polar surface area (TPSA) is 62.7 Å². The number of rotatable bonds is 5. The van der Waals surface area contributed by atoms with E-state index >= 15 is 0 Å². The van der Waals surface area contributed by atoms with Crippen LogP contribution in [0.2, 0.25) is 0 Å². The van der Waals surface area contributed by atoms with Gasteiger partial charge in [0.05, 0.1) is 34.0 Å². The summed E-state index contributed by atoms with van der Waals surface area (Å²) in [6.07, 6.45) is 1.60. The molecule has 122 valence electrons. The summed E-state index contributed by atoms with van der Waals surface area (Å²) in [5.41, 5.74) is 1.15.